The van der Waals surface area contributed by atoms with Gasteiger partial charge in [0.25, 0.3) is 0 Å². The number of rotatable bonds is 6. The fourth-order valence-corrected chi connectivity index (χ4v) is 3.02. The Morgan fingerprint density at radius 1 is 1.56 bits per heavy atom. The van der Waals surface area contributed by atoms with E-state index in [9.17, 15) is 0 Å². The molecule has 0 aliphatic heterocycles. The molecule has 0 spiro atoms. The molecule has 4 heteroatoms. The molecular weight excluding hydrogens is 218 g/mol. The van der Waals surface area contributed by atoms with Gasteiger partial charge in [-0.2, -0.15) is 0 Å². The van der Waals surface area contributed by atoms with E-state index < -0.39 is 0 Å². The summed E-state index contributed by atoms with van der Waals surface area (Å²) in [6.45, 7) is 5.42. The lowest BCUT2D eigenvalue weighted by atomic mass is 9.85. The van der Waals surface area contributed by atoms with Crippen LogP contribution in [-0.2, 0) is 6.54 Å². The highest BCUT2D eigenvalue weighted by Gasteiger charge is 2.21. The minimum absolute atomic E-state index is 0.914. The molecule has 1 fully saturated rings. The van der Waals surface area contributed by atoms with Crippen molar-refractivity contribution in [3.05, 3.63) is 11.1 Å². The van der Waals surface area contributed by atoms with E-state index in [1.165, 1.54) is 35.8 Å². The predicted molar refractivity (Wildman–Crippen MR) is 70.1 cm³/mol. The molecule has 0 amide bonds. The van der Waals surface area contributed by atoms with Crippen LogP contribution < -0.4 is 10.2 Å². The maximum Gasteiger partial charge on any atom is 0.185 e. The molecule has 1 aliphatic carbocycles. The number of nitrogens with one attached hydrogen (secondary N) is 1. The lowest BCUT2D eigenvalue weighted by molar-refractivity contribution is 0.318. The van der Waals surface area contributed by atoms with Crippen molar-refractivity contribution in [3.8, 4) is 0 Å². The molecule has 1 aromatic rings. The minimum atomic E-state index is 0.914. The summed E-state index contributed by atoms with van der Waals surface area (Å²) in [5, 5.41) is 4.36. The van der Waals surface area contributed by atoms with Crippen molar-refractivity contribution in [2.75, 3.05) is 25.0 Å². The van der Waals surface area contributed by atoms with Crippen molar-refractivity contribution in [2.24, 2.45) is 5.92 Å². The number of thiazole rings is 1. The van der Waals surface area contributed by atoms with Crippen LogP contribution in [0.4, 0.5) is 5.13 Å². The molecular formula is C12H21N3S. The Balaban J connectivity index is 1.95. The van der Waals surface area contributed by atoms with E-state index in [0.717, 1.165) is 19.0 Å². The van der Waals surface area contributed by atoms with Gasteiger partial charge in [-0.3, -0.25) is 0 Å². The Kier molecular flexibility index (Phi) is 4.18. The second-order valence-corrected chi connectivity index (χ2v) is 5.57. The third kappa shape index (κ3) is 2.74. The highest BCUT2D eigenvalue weighted by molar-refractivity contribution is 7.15. The van der Waals surface area contributed by atoms with Crippen LogP contribution in [0.3, 0.4) is 0 Å². The normalized spacial score (nSPS) is 16.1. The molecule has 3 nitrogen and oxygen atoms in total. The largest absolute Gasteiger partial charge is 0.348 e. The molecule has 0 atom stereocenters. The number of hydrogen-bond acceptors (Lipinski definition) is 4. The fourth-order valence-electron chi connectivity index (χ4n) is 2.03. The van der Waals surface area contributed by atoms with Crippen LogP contribution in [0.25, 0.3) is 0 Å². The van der Waals surface area contributed by atoms with Gasteiger partial charge in [-0.15, -0.1) is 11.3 Å². The van der Waals surface area contributed by atoms with Gasteiger partial charge in [0.15, 0.2) is 5.13 Å². The van der Waals surface area contributed by atoms with Gasteiger partial charge in [-0.05, 0) is 32.7 Å². The van der Waals surface area contributed by atoms with Gasteiger partial charge in [-0.1, -0.05) is 6.42 Å². The summed E-state index contributed by atoms with van der Waals surface area (Å²) in [4.78, 5) is 8.27. The van der Waals surface area contributed by atoms with Gasteiger partial charge >= 0.3 is 0 Å². The van der Waals surface area contributed by atoms with Crippen LogP contribution in [0.2, 0.25) is 0 Å². The third-order valence-corrected chi connectivity index (χ3v) is 4.31. The molecule has 90 valence electrons. The first kappa shape index (κ1) is 11.9. The van der Waals surface area contributed by atoms with Gasteiger partial charge in [0.1, 0.15) is 0 Å². The van der Waals surface area contributed by atoms with Crippen molar-refractivity contribution in [2.45, 2.75) is 32.7 Å². The quantitative estimate of drug-likeness (QED) is 0.826. The Bertz CT molecular complexity index is 320. The summed E-state index contributed by atoms with van der Waals surface area (Å²) < 4.78 is 0. The van der Waals surface area contributed by atoms with Crippen LogP contribution in [0, 0.1) is 5.92 Å². The Morgan fingerprint density at radius 3 is 2.94 bits per heavy atom. The molecule has 1 saturated carbocycles. The fraction of sp³-hybridized carbons (Fsp3) is 0.750. The summed E-state index contributed by atoms with van der Waals surface area (Å²) in [5.74, 6) is 0.914. The summed E-state index contributed by atoms with van der Waals surface area (Å²) >= 11 is 1.82. The minimum Gasteiger partial charge on any atom is -0.348 e. The van der Waals surface area contributed by atoms with E-state index in [4.69, 9.17) is 0 Å². The molecule has 0 radical (unpaired) electrons. The lowest BCUT2D eigenvalue weighted by Crippen LogP contribution is -2.32. The maximum absolute atomic E-state index is 4.52. The highest BCUT2D eigenvalue weighted by Crippen LogP contribution is 2.30. The van der Waals surface area contributed by atoms with Crippen LogP contribution >= 0.6 is 11.3 Å². The van der Waals surface area contributed by atoms with E-state index in [2.05, 4.69) is 22.1 Å². The number of hydrogen-bond donors (Lipinski definition) is 1. The Labute approximate surface area is 102 Å². The van der Waals surface area contributed by atoms with Gasteiger partial charge in [-0.25, -0.2) is 4.98 Å². The monoisotopic (exact) mass is 239 g/mol. The molecule has 16 heavy (non-hydrogen) atoms. The van der Waals surface area contributed by atoms with Crippen molar-refractivity contribution in [3.63, 3.8) is 0 Å². The van der Waals surface area contributed by atoms with E-state index in [-0.39, 0.29) is 0 Å². The first-order valence-corrected chi connectivity index (χ1v) is 6.99. The van der Waals surface area contributed by atoms with Gasteiger partial charge in [0.05, 0.1) is 0 Å². The first-order chi connectivity index (χ1) is 7.83. The van der Waals surface area contributed by atoms with Gasteiger partial charge in [0, 0.05) is 30.7 Å². The summed E-state index contributed by atoms with van der Waals surface area (Å²) in [7, 11) is 1.98. The average Bonchev–Trinajstić information content (AvgIpc) is 2.66. The maximum atomic E-state index is 4.52. The van der Waals surface area contributed by atoms with Crippen LogP contribution in [-0.4, -0.2) is 25.1 Å². The smallest absolute Gasteiger partial charge is 0.185 e. The zero-order valence-corrected chi connectivity index (χ0v) is 11.0. The van der Waals surface area contributed by atoms with Crippen molar-refractivity contribution < 1.29 is 0 Å². The highest BCUT2D eigenvalue weighted by atomic mass is 32.1. The van der Waals surface area contributed by atoms with Crippen LogP contribution in [0.15, 0.2) is 6.20 Å². The molecule has 1 aromatic heterocycles. The lowest BCUT2D eigenvalue weighted by Gasteiger charge is -2.31. The molecule has 1 aliphatic rings. The molecule has 0 saturated heterocycles. The van der Waals surface area contributed by atoms with E-state index in [0.29, 0.717) is 0 Å². The van der Waals surface area contributed by atoms with Crippen LogP contribution in [0.5, 0.6) is 0 Å². The summed E-state index contributed by atoms with van der Waals surface area (Å²) in [5.41, 5.74) is 0. The van der Waals surface area contributed by atoms with Gasteiger partial charge in [0.2, 0.25) is 0 Å². The first-order valence-electron chi connectivity index (χ1n) is 6.17. The second kappa shape index (κ2) is 5.64. The third-order valence-electron chi connectivity index (χ3n) is 3.25. The summed E-state index contributed by atoms with van der Waals surface area (Å²) in [6, 6.07) is 0. The molecule has 0 bridgehead atoms. The predicted octanol–water partition coefficient (Wildman–Crippen LogP) is 2.49. The number of anilines is 1. The summed E-state index contributed by atoms with van der Waals surface area (Å²) in [6.07, 6.45) is 6.24. The van der Waals surface area contributed by atoms with Crippen molar-refractivity contribution in [1.29, 1.82) is 0 Å². The standard InChI is InChI=1S/C12H21N3S/c1-3-15(9-10-5-4-6-10)12-14-8-11(16-12)7-13-2/h8,10,13H,3-7,9H2,1-2H3. The van der Waals surface area contributed by atoms with E-state index in [1.54, 1.807) is 0 Å². The average molecular weight is 239 g/mol. The second-order valence-electron chi connectivity index (χ2n) is 4.48. The zero-order chi connectivity index (χ0) is 11.4. The molecule has 1 N–H and O–H groups in total. The van der Waals surface area contributed by atoms with Crippen molar-refractivity contribution >= 4 is 16.5 Å². The van der Waals surface area contributed by atoms with Crippen LogP contribution in [0.1, 0.15) is 31.1 Å². The number of nitrogens with zero attached hydrogens (tertiary/aromatic N) is 2. The molecule has 0 aromatic carbocycles. The zero-order valence-electron chi connectivity index (χ0n) is 10.2. The molecule has 2 rings (SSSR count). The van der Waals surface area contributed by atoms with Gasteiger partial charge < -0.3 is 10.2 Å². The Morgan fingerprint density at radius 2 is 2.38 bits per heavy atom. The molecule has 0 unspecified atom stereocenters. The Hall–Kier alpha value is -0.610. The number of aromatic nitrogens is 1. The SMILES string of the molecule is CCN(CC1CCC1)c1ncc(CNC)s1. The van der Waals surface area contributed by atoms with E-state index >= 15 is 0 Å². The molecule has 1 heterocycles. The van der Waals surface area contributed by atoms with E-state index in [1.807, 2.05) is 24.6 Å². The van der Waals surface area contributed by atoms with Crippen molar-refractivity contribution in [1.82, 2.24) is 10.3 Å². The topological polar surface area (TPSA) is 28.2 Å².